The SMILES string of the molecule is COc1ccc(CNC(=O)NCC(C)(C)C)c(Cl)c1. The molecule has 1 aromatic rings. The molecule has 0 heterocycles. The van der Waals surface area contributed by atoms with Gasteiger partial charge in [0.05, 0.1) is 7.11 Å². The van der Waals surface area contributed by atoms with Crippen LogP contribution in [0, 0.1) is 5.41 Å². The van der Waals surface area contributed by atoms with Crippen molar-refractivity contribution in [2.75, 3.05) is 13.7 Å². The largest absolute Gasteiger partial charge is 0.497 e. The molecule has 0 unspecified atom stereocenters. The first kappa shape index (κ1) is 15.6. The summed E-state index contributed by atoms with van der Waals surface area (Å²) in [6, 6.07) is 5.19. The van der Waals surface area contributed by atoms with Crippen LogP contribution in [0.1, 0.15) is 26.3 Å². The van der Waals surface area contributed by atoms with E-state index in [4.69, 9.17) is 16.3 Å². The molecule has 106 valence electrons. The van der Waals surface area contributed by atoms with E-state index < -0.39 is 0 Å². The lowest BCUT2D eigenvalue weighted by molar-refractivity contribution is 0.235. The first-order chi connectivity index (χ1) is 8.81. The van der Waals surface area contributed by atoms with Crippen LogP contribution in [-0.4, -0.2) is 19.7 Å². The number of nitrogens with one attached hydrogen (secondary N) is 2. The zero-order chi connectivity index (χ0) is 14.5. The number of rotatable bonds is 4. The summed E-state index contributed by atoms with van der Waals surface area (Å²) in [7, 11) is 1.59. The predicted octanol–water partition coefficient (Wildman–Crippen LogP) is 3.19. The second-order valence-electron chi connectivity index (χ2n) is 5.55. The minimum atomic E-state index is -0.193. The maximum atomic E-state index is 11.6. The maximum Gasteiger partial charge on any atom is 0.315 e. The Labute approximate surface area is 119 Å². The Bertz CT molecular complexity index is 442. The van der Waals surface area contributed by atoms with Crippen LogP contribution in [0.2, 0.25) is 5.02 Å². The molecule has 0 aliphatic heterocycles. The van der Waals surface area contributed by atoms with Crippen molar-refractivity contribution in [3.05, 3.63) is 28.8 Å². The molecule has 0 radical (unpaired) electrons. The second-order valence-corrected chi connectivity index (χ2v) is 5.96. The number of methoxy groups -OCH3 is 1. The van der Waals surface area contributed by atoms with Crippen LogP contribution in [0.15, 0.2) is 18.2 Å². The Morgan fingerprint density at radius 2 is 2.00 bits per heavy atom. The number of carbonyl (C=O) groups excluding carboxylic acids is 1. The van der Waals surface area contributed by atoms with Crippen molar-refractivity contribution in [3.8, 4) is 5.75 Å². The molecule has 5 heteroatoms. The van der Waals surface area contributed by atoms with Crippen LogP contribution in [-0.2, 0) is 6.54 Å². The van der Waals surface area contributed by atoms with Crippen LogP contribution < -0.4 is 15.4 Å². The standard InChI is InChI=1S/C14H21ClN2O2/c1-14(2,3)9-17-13(18)16-8-10-5-6-11(19-4)7-12(10)15/h5-7H,8-9H2,1-4H3,(H2,16,17,18). The van der Waals surface area contributed by atoms with Crippen LogP contribution in [0.5, 0.6) is 5.75 Å². The molecule has 2 N–H and O–H groups in total. The molecule has 1 rings (SSSR count). The monoisotopic (exact) mass is 284 g/mol. The van der Waals surface area contributed by atoms with Crippen molar-refractivity contribution in [2.45, 2.75) is 27.3 Å². The van der Waals surface area contributed by atoms with Gasteiger partial charge in [0.15, 0.2) is 0 Å². The van der Waals surface area contributed by atoms with E-state index in [9.17, 15) is 4.79 Å². The summed E-state index contributed by atoms with van der Waals surface area (Å²) < 4.78 is 5.07. The number of hydrogen-bond donors (Lipinski definition) is 2. The number of urea groups is 1. The fourth-order valence-corrected chi connectivity index (χ4v) is 1.62. The van der Waals surface area contributed by atoms with Gasteiger partial charge in [-0.15, -0.1) is 0 Å². The molecule has 0 fully saturated rings. The Morgan fingerprint density at radius 1 is 1.32 bits per heavy atom. The number of hydrogen-bond acceptors (Lipinski definition) is 2. The van der Waals surface area contributed by atoms with Gasteiger partial charge >= 0.3 is 6.03 Å². The second kappa shape index (κ2) is 6.66. The first-order valence-corrected chi connectivity index (χ1v) is 6.54. The van der Waals surface area contributed by atoms with Gasteiger partial charge in [-0.25, -0.2) is 4.79 Å². The number of ether oxygens (including phenoxy) is 1. The molecular formula is C14H21ClN2O2. The number of carbonyl (C=O) groups is 1. The Morgan fingerprint density at radius 3 is 2.53 bits per heavy atom. The highest BCUT2D eigenvalue weighted by atomic mass is 35.5. The van der Waals surface area contributed by atoms with Gasteiger partial charge in [-0.05, 0) is 23.1 Å². The van der Waals surface area contributed by atoms with Crippen molar-refractivity contribution >= 4 is 17.6 Å². The Hall–Kier alpha value is -1.42. The molecule has 0 bridgehead atoms. The molecular weight excluding hydrogens is 264 g/mol. The summed E-state index contributed by atoms with van der Waals surface area (Å²) in [5, 5.41) is 6.17. The third kappa shape index (κ3) is 5.83. The summed E-state index contributed by atoms with van der Waals surface area (Å²) in [4.78, 5) is 11.6. The number of amides is 2. The zero-order valence-electron chi connectivity index (χ0n) is 11.8. The molecule has 0 aromatic heterocycles. The Balaban J connectivity index is 2.46. The fraction of sp³-hybridized carbons (Fsp3) is 0.500. The first-order valence-electron chi connectivity index (χ1n) is 6.16. The van der Waals surface area contributed by atoms with E-state index in [0.717, 1.165) is 5.56 Å². The number of benzene rings is 1. The topological polar surface area (TPSA) is 50.4 Å². The molecule has 0 aliphatic carbocycles. The highest BCUT2D eigenvalue weighted by Crippen LogP contribution is 2.22. The zero-order valence-corrected chi connectivity index (χ0v) is 12.6. The molecule has 0 spiro atoms. The van der Waals surface area contributed by atoms with Gasteiger partial charge in [-0.1, -0.05) is 38.4 Å². The lowest BCUT2D eigenvalue weighted by Crippen LogP contribution is -2.39. The average molecular weight is 285 g/mol. The van der Waals surface area contributed by atoms with Crippen molar-refractivity contribution in [1.29, 1.82) is 0 Å². The minimum absolute atomic E-state index is 0.0646. The van der Waals surface area contributed by atoms with Gasteiger partial charge < -0.3 is 15.4 Å². The van der Waals surface area contributed by atoms with Gasteiger partial charge in [-0.3, -0.25) is 0 Å². The molecule has 0 aliphatic rings. The molecule has 2 amide bonds. The molecule has 19 heavy (non-hydrogen) atoms. The summed E-state index contributed by atoms with van der Waals surface area (Å²) in [6.07, 6.45) is 0. The minimum Gasteiger partial charge on any atom is -0.497 e. The van der Waals surface area contributed by atoms with E-state index in [1.54, 1.807) is 13.2 Å². The summed E-state index contributed by atoms with van der Waals surface area (Å²) in [6.45, 7) is 7.20. The van der Waals surface area contributed by atoms with Crippen molar-refractivity contribution in [2.24, 2.45) is 5.41 Å². The molecule has 0 atom stereocenters. The lowest BCUT2D eigenvalue weighted by Gasteiger charge is -2.19. The van der Waals surface area contributed by atoms with E-state index in [0.29, 0.717) is 23.9 Å². The fourth-order valence-electron chi connectivity index (χ4n) is 1.38. The predicted molar refractivity (Wildman–Crippen MR) is 77.7 cm³/mol. The molecule has 4 nitrogen and oxygen atoms in total. The van der Waals surface area contributed by atoms with Crippen molar-refractivity contribution < 1.29 is 9.53 Å². The van der Waals surface area contributed by atoms with E-state index in [1.807, 2.05) is 12.1 Å². The van der Waals surface area contributed by atoms with Gasteiger partial charge in [-0.2, -0.15) is 0 Å². The molecule has 0 saturated heterocycles. The van der Waals surface area contributed by atoms with Crippen LogP contribution in [0.25, 0.3) is 0 Å². The van der Waals surface area contributed by atoms with Crippen LogP contribution in [0.4, 0.5) is 4.79 Å². The molecule has 0 saturated carbocycles. The van der Waals surface area contributed by atoms with Crippen molar-refractivity contribution in [3.63, 3.8) is 0 Å². The van der Waals surface area contributed by atoms with Crippen LogP contribution in [0.3, 0.4) is 0 Å². The van der Waals surface area contributed by atoms with E-state index in [2.05, 4.69) is 31.4 Å². The van der Waals surface area contributed by atoms with Gasteiger partial charge in [0.25, 0.3) is 0 Å². The van der Waals surface area contributed by atoms with Gasteiger partial charge in [0, 0.05) is 18.1 Å². The maximum absolute atomic E-state index is 11.6. The quantitative estimate of drug-likeness (QED) is 0.892. The van der Waals surface area contributed by atoms with E-state index >= 15 is 0 Å². The normalized spacial score (nSPS) is 11.0. The summed E-state index contributed by atoms with van der Waals surface area (Å²) in [5.41, 5.74) is 0.920. The average Bonchev–Trinajstić information content (AvgIpc) is 2.34. The van der Waals surface area contributed by atoms with Gasteiger partial charge in [0.1, 0.15) is 5.75 Å². The highest BCUT2D eigenvalue weighted by molar-refractivity contribution is 6.31. The highest BCUT2D eigenvalue weighted by Gasteiger charge is 2.11. The summed E-state index contributed by atoms with van der Waals surface area (Å²) >= 11 is 6.09. The number of halogens is 1. The summed E-state index contributed by atoms with van der Waals surface area (Å²) in [5.74, 6) is 0.700. The lowest BCUT2D eigenvalue weighted by atomic mass is 9.97. The van der Waals surface area contributed by atoms with E-state index in [-0.39, 0.29) is 11.4 Å². The molecule has 1 aromatic carbocycles. The third-order valence-electron chi connectivity index (χ3n) is 2.48. The Kier molecular flexibility index (Phi) is 5.48. The van der Waals surface area contributed by atoms with Gasteiger partial charge in [0.2, 0.25) is 0 Å². The van der Waals surface area contributed by atoms with Crippen LogP contribution >= 0.6 is 11.6 Å². The van der Waals surface area contributed by atoms with Crippen molar-refractivity contribution in [1.82, 2.24) is 10.6 Å². The van der Waals surface area contributed by atoms with E-state index in [1.165, 1.54) is 0 Å². The smallest absolute Gasteiger partial charge is 0.315 e. The third-order valence-corrected chi connectivity index (χ3v) is 2.83.